The quantitative estimate of drug-likeness (QED) is 0.751. The van der Waals surface area contributed by atoms with Crippen molar-refractivity contribution in [1.29, 1.82) is 0 Å². The minimum absolute atomic E-state index is 0.0330. The lowest BCUT2D eigenvalue weighted by atomic mass is 10.3. The van der Waals surface area contributed by atoms with Crippen LogP contribution in [-0.4, -0.2) is 22.2 Å². The van der Waals surface area contributed by atoms with Crippen LogP contribution < -0.4 is 5.32 Å². The van der Waals surface area contributed by atoms with Gasteiger partial charge in [-0.2, -0.15) is 5.10 Å². The lowest BCUT2D eigenvalue weighted by Gasteiger charge is -1.97. The van der Waals surface area contributed by atoms with Crippen LogP contribution in [0.2, 0.25) is 0 Å². The van der Waals surface area contributed by atoms with Crippen LogP contribution in [0.15, 0.2) is 12.4 Å². The minimum atomic E-state index is -0.0330. The van der Waals surface area contributed by atoms with Crippen molar-refractivity contribution < 1.29 is 4.79 Å². The van der Waals surface area contributed by atoms with Crippen LogP contribution in [-0.2, 0) is 0 Å². The maximum atomic E-state index is 11.3. The fourth-order valence-electron chi connectivity index (χ4n) is 1.26. The maximum Gasteiger partial charge on any atom is 0.254 e. The molecule has 0 saturated heterocycles. The topological polar surface area (TPSA) is 46.9 Å². The van der Waals surface area contributed by atoms with Crippen molar-refractivity contribution in [3.63, 3.8) is 0 Å². The van der Waals surface area contributed by atoms with Gasteiger partial charge in [-0.15, -0.1) is 0 Å². The van der Waals surface area contributed by atoms with Crippen molar-refractivity contribution in [1.82, 2.24) is 15.1 Å². The molecular weight excluding hydrogens is 166 g/mol. The fraction of sp³-hybridized carbons (Fsp3) is 0.556. The number of hydrogen-bond acceptors (Lipinski definition) is 2. The second-order valence-electron chi connectivity index (χ2n) is 3.30. The molecule has 0 bridgehead atoms. The molecule has 1 heterocycles. The van der Waals surface area contributed by atoms with Gasteiger partial charge in [0.15, 0.2) is 0 Å². The molecular formula is C9H13N3O. The summed E-state index contributed by atoms with van der Waals surface area (Å²) >= 11 is 0. The Morgan fingerprint density at radius 3 is 3.15 bits per heavy atom. The van der Waals surface area contributed by atoms with Gasteiger partial charge in [-0.25, -0.2) is 0 Å². The van der Waals surface area contributed by atoms with E-state index in [4.69, 9.17) is 0 Å². The Morgan fingerprint density at radius 2 is 2.54 bits per heavy atom. The highest BCUT2D eigenvalue weighted by Gasteiger charge is 2.24. The summed E-state index contributed by atoms with van der Waals surface area (Å²) in [4.78, 5) is 11.3. The van der Waals surface area contributed by atoms with Crippen molar-refractivity contribution in [2.75, 3.05) is 6.54 Å². The van der Waals surface area contributed by atoms with Gasteiger partial charge in [-0.3, -0.25) is 9.48 Å². The third-order valence-electron chi connectivity index (χ3n) is 2.12. The lowest BCUT2D eigenvalue weighted by molar-refractivity contribution is 0.0956. The standard InChI is InChI=1S/C9H13N3O/c1-2-10-9(13)7-5-11-12(6-7)8-3-4-8/h5-6,8H,2-4H2,1H3,(H,10,13). The van der Waals surface area contributed by atoms with Gasteiger partial charge in [0.05, 0.1) is 17.8 Å². The molecule has 0 aromatic carbocycles. The smallest absolute Gasteiger partial charge is 0.254 e. The van der Waals surface area contributed by atoms with E-state index in [2.05, 4.69) is 10.4 Å². The number of amides is 1. The summed E-state index contributed by atoms with van der Waals surface area (Å²) in [5, 5.41) is 6.88. The molecule has 2 rings (SSSR count). The van der Waals surface area contributed by atoms with Crippen LogP contribution in [0.5, 0.6) is 0 Å². The predicted octanol–water partition coefficient (Wildman–Crippen LogP) is 0.968. The van der Waals surface area contributed by atoms with E-state index in [1.165, 1.54) is 12.8 Å². The summed E-state index contributed by atoms with van der Waals surface area (Å²) in [6, 6.07) is 0.545. The highest BCUT2D eigenvalue weighted by atomic mass is 16.1. The molecule has 70 valence electrons. The Morgan fingerprint density at radius 1 is 1.77 bits per heavy atom. The van der Waals surface area contributed by atoms with E-state index >= 15 is 0 Å². The summed E-state index contributed by atoms with van der Waals surface area (Å²) in [6.45, 7) is 2.57. The number of hydrogen-bond donors (Lipinski definition) is 1. The minimum Gasteiger partial charge on any atom is -0.352 e. The predicted molar refractivity (Wildman–Crippen MR) is 48.5 cm³/mol. The van der Waals surface area contributed by atoms with Crippen molar-refractivity contribution in [2.45, 2.75) is 25.8 Å². The molecule has 1 saturated carbocycles. The first kappa shape index (κ1) is 8.29. The van der Waals surface area contributed by atoms with Crippen LogP contribution >= 0.6 is 0 Å². The van der Waals surface area contributed by atoms with Crippen molar-refractivity contribution >= 4 is 5.91 Å². The zero-order chi connectivity index (χ0) is 9.26. The first-order chi connectivity index (χ1) is 6.31. The van der Waals surface area contributed by atoms with Gasteiger partial charge in [0.2, 0.25) is 0 Å². The van der Waals surface area contributed by atoms with Crippen LogP contribution in [0.3, 0.4) is 0 Å². The normalized spacial score (nSPS) is 15.8. The van der Waals surface area contributed by atoms with E-state index in [9.17, 15) is 4.79 Å². The van der Waals surface area contributed by atoms with Crippen LogP contribution in [0.4, 0.5) is 0 Å². The Hall–Kier alpha value is -1.32. The molecule has 1 N–H and O–H groups in total. The van der Waals surface area contributed by atoms with Gasteiger partial charge >= 0.3 is 0 Å². The summed E-state index contributed by atoms with van der Waals surface area (Å²) in [7, 11) is 0. The average molecular weight is 179 g/mol. The molecule has 0 radical (unpaired) electrons. The SMILES string of the molecule is CCNC(=O)c1cnn(C2CC2)c1. The number of carbonyl (C=O) groups is 1. The molecule has 0 unspecified atom stereocenters. The molecule has 1 aliphatic carbocycles. The first-order valence-corrected chi connectivity index (χ1v) is 4.63. The van der Waals surface area contributed by atoms with Gasteiger partial charge < -0.3 is 5.32 Å². The number of carbonyl (C=O) groups excluding carboxylic acids is 1. The summed E-state index contributed by atoms with van der Waals surface area (Å²) in [5.41, 5.74) is 0.661. The molecule has 1 aromatic heterocycles. The molecule has 0 atom stereocenters. The number of nitrogens with one attached hydrogen (secondary N) is 1. The number of aromatic nitrogens is 2. The molecule has 1 amide bonds. The van der Waals surface area contributed by atoms with E-state index in [0.29, 0.717) is 18.2 Å². The van der Waals surface area contributed by atoms with E-state index in [0.717, 1.165) is 0 Å². The van der Waals surface area contributed by atoms with Gasteiger partial charge in [-0.1, -0.05) is 0 Å². The lowest BCUT2D eigenvalue weighted by Crippen LogP contribution is -2.22. The Kier molecular flexibility index (Phi) is 2.04. The highest BCUT2D eigenvalue weighted by Crippen LogP contribution is 2.33. The van der Waals surface area contributed by atoms with E-state index in [1.807, 2.05) is 17.8 Å². The van der Waals surface area contributed by atoms with Crippen molar-refractivity contribution in [3.05, 3.63) is 18.0 Å². The molecule has 13 heavy (non-hydrogen) atoms. The fourth-order valence-corrected chi connectivity index (χ4v) is 1.26. The zero-order valence-corrected chi connectivity index (χ0v) is 7.66. The van der Waals surface area contributed by atoms with Crippen molar-refractivity contribution in [2.24, 2.45) is 0 Å². The molecule has 1 aliphatic rings. The number of nitrogens with zero attached hydrogens (tertiary/aromatic N) is 2. The third kappa shape index (κ3) is 1.71. The Bertz CT molecular complexity index is 314. The molecule has 0 spiro atoms. The van der Waals surface area contributed by atoms with Crippen molar-refractivity contribution in [3.8, 4) is 0 Å². The number of rotatable bonds is 3. The molecule has 1 fully saturated rings. The van der Waals surface area contributed by atoms with Gasteiger partial charge in [0.1, 0.15) is 0 Å². The van der Waals surface area contributed by atoms with E-state index in [1.54, 1.807) is 6.20 Å². The zero-order valence-electron chi connectivity index (χ0n) is 7.66. The van der Waals surface area contributed by atoms with E-state index in [-0.39, 0.29) is 5.91 Å². The van der Waals surface area contributed by atoms with Gasteiger partial charge in [0, 0.05) is 12.7 Å². The molecule has 0 aliphatic heterocycles. The molecule has 1 aromatic rings. The maximum absolute atomic E-state index is 11.3. The Labute approximate surface area is 76.9 Å². The summed E-state index contributed by atoms with van der Waals surface area (Å²) < 4.78 is 1.88. The molecule has 4 heteroatoms. The van der Waals surface area contributed by atoms with Crippen LogP contribution in [0.25, 0.3) is 0 Å². The Balaban J connectivity index is 2.07. The highest BCUT2D eigenvalue weighted by molar-refractivity contribution is 5.93. The largest absolute Gasteiger partial charge is 0.352 e. The van der Waals surface area contributed by atoms with Crippen LogP contribution in [0.1, 0.15) is 36.2 Å². The first-order valence-electron chi connectivity index (χ1n) is 4.63. The summed E-state index contributed by atoms with van der Waals surface area (Å²) in [5.74, 6) is -0.0330. The van der Waals surface area contributed by atoms with Gasteiger partial charge in [0.25, 0.3) is 5.91 Å². The van der Waals surface area contributed by atoms with E-state index < -0.39 is 0 Å². The molecule has 4 nitrogen and oxygen atoms in total. The van der Waals surface area contributed by atoms with Gasteiger partial charge in [-0.05, 0) is 19.8 Å². The summed E-state index contributed by atoms with van der Waals surface area (Å²) in [6.07, 6.45) is 5.83. The third-order valence-corrected chi connectivity index (χ3v) is 2.12. The van der Waals surface area contributed by atoms with Crippen LogP contribution in [0, 0.1) is 0 Å². The monoisotopic (exact) mass is 179 g/mol. The second-order valence-corrected chi connectivity index (χ2v) is 3.30. The average Bonchev–Trinajstić information content (AvgIpc) is 2.84. The second kappa shape index (κ2) is 3.20.